The molecule has 2 aromatic carbocycles. The van der Waals surface area contributed by atoms with Crippen LogP contribution >= 0.6 is 63.7 Å². The fraction of sp³-hybridized carbons (Fsp3) is 0.167. The van der Waals surface area contributed by atoms with Crippen molar-refractivity contribution in [2.24, 2.45) is 0 Å². The van der Waals surface area contributed by atoms with Gasteiger partial charge in [0, 0.05) is 51.2 Å². The highest BCUT2D eigenvalue weighted by molar-refractivity contribution is 9.11. The largest absolute Gasteiger partial charge is 0.294 e. The van der Waals surface area contributed by atoms with Gasteiger partial charge in [0.1, 0.15) is 0 Å². The number of carbonyl (C=O) groups is 2. The number of ketones is 2. The van der Waals surface area contributed by atoms with Gasteiger partial charge in [-0.1, -0.05) is 31.9 Å². The van der Waals surface area contributed by atoms with Crippen LogP contribution in [0.4, 0.5) is 0 Å². The Labute approximate surface area is 219 Å². The molecule has 2 heterocycles. The Morgan fingerprint density at radius 3 is 1.28 bits per heavy atom. The van der Waals surface area contributed by atoms with Gasteiger partial charge in [0.15, 0.2) is 11.6 Å². The summed E-state index contributed by atoms with van der Waals surface area (Å²) in [7, 11) is 0. The zero-order chi connectivity index (χ0) is 23.7. The number of benzene rings is 2. The van der Waals surface area contributed by atoms with Gasteiger partial charge >= 0.3 is 0 Å². The first-order valence-electron chi connectivity index (χ1n) is 9.52. The number of carbonyl (C=O) groups excluding carboxylic acids is 2. The molecule has 4 aromatic rings. The van der Waals surface area contributed by atoms with E-state index in [1.165, 1.54) is 0 Å². The van der Waals surface area contributed by atoms with Crippen molar-refractivity contribution in [1.82, 2.24) is 9.97 Å². The third kappa shape index (κ3) is 5.53. The van der Waals surface area contributed by atoms with Crippen molar-refractivity contribution in [3.63, 3.8) is 0 Å². The maximum Gasteiger partial charge on any atom is 0.161 e. The van der Waals surface area contributed by atoms with Crippen LogP contribution in [0.25, 0.3) is 21.8 Å². The van der Waals surface area contributed by atoms with Gasteiger partial charge in [0.05, 0.1) is 11.0 Å². The molecular formula is C24H18Br4N2O2. The summed E-state index contributed by atoms with van der Waals surface area (Å²) in [6.45, 7) is 6.82. The molecule has 0 radical (unpaired) electrons. The Bertz CT molecular complexity index is 1290. The Balaban J connectivity index is 0.000000181. The lowest BCUT2D eigenvalue weighted by Gasteiger charge is -2.06. The molecule has 0 aliphatic rings. The van der Waals surface area contributed by atoms with Gasteiger partial charge in [0.2, 0.25) is 0 Å². The number of hydrogen-bond donors (Lipinski definition) is 0. The molecule has 0 N–H and O–H groups in total. The number of halogens is 4. The molecule has 0 aliphatic heterocycles. The first-order valence-corrected chi connectivity index (χ1v) is 12.7. The van der Waals surface area contributed by atoms with E-state index < -0.39 is 0 Å². The maximum absolute atomic E-state index is 11.4. The summed E-state index contributed by atoms with van der Waals surface area (Å²) < 4.78 is 3.78. The fourth-order valence-corrected chi connectivity index (χ4v) is 6.01. The molecule has 4 nitrogen and oxygen atoms in total. The van der Waals surface area contributed by atoms with Gasteiger partial charge in [-0.2, -0.15) is 0 Å². The Morgan fingerprint density at radius 1 is 0.625 bits per heavy atom. The van der Waals surface area contributed by atoms with E-state index in [0.717, 1.165) is 51.1 Å². The summed E-state index contributed by atoms with van der Waals surface area (Å²) in [5, 5.41) is 1.91. The molecule has 164 valence electrons. The third-order valence-electron chi connectivity index (χ3n) is 4.81. The molecule has 0 atom stereocenters. The summed E-state index contributed by atoms with van der Waals surface area (Å²) in [5.41, 5.74) is 4.65. The van der Waals surface area contributed by atoms with E-state index in [1.54, 1.807) is 13.8 Å². The minimum absolute atomic E-state index is 0.0444. The van der Waals surface area contributed by atoms with Crippen molar-refractivity contribution in [3.8, 4) is 0 Å². The summed E-state index contributed by atoms with van der Waals surface area (Å²) >= 11 is 13.8. The number of nitrogens with zero attached hydrogens (tertiary/aromatic N) is 2. The smallest absolute Gasteiger partial charge is 0.161 e. The molecule has 0 saturated heterocycles. The highest BCUT2D eigenvalue weighted by atomic mass is 79.9. The molecule has 4 rings (SSSR count). The lowest BCUT2D eigenvalue weighted by Crippen LogP contribution is -1.99. The maximum atomic E-state index is 11.4. The van der Waals surface area contributed by atoms with Crippen LogP contribution in [0.15, 0.2) is 54.3 Å². The molecule has 0 fully saturated rings. The van der Waals surface area contributed by atoms with E-state index in [2.05, 4.69) is 73.7 Å². The van der Waals surface area contributed by atoms with Crippen molar-refractivity contribution in [3.05, 3.63) is 76.8 Å². The van der Waals surface area contributed by atoms with Gasteiger partial charge in [-0.05, 0) is 96.0 Å². The van der Waals surface area contributed by atoms with Crippen LogP contribution in [0.5, 0.6) is 0 Å². The topological polar surface area (TPSA) is 59.9 Å². The standard InChI is InChI=1S/2C12H9Br2NO/c2*1-6-10(7(2)16)4-8-3-9(13)5-11(14)12(8)15-6/h2*3-5H,1-2H3. The minimum atomic E-state index is 0.0444. The Kier molecular flexibility index (Phi) is 8.02. The number of aryl methyl sites for hydroxylation is 2. The molecule has 2 aromatic heterocycles. The van der Waals surface area contributed by atoms with Gasteiger partial charge < -0.3 is 0 Å². The average molecular weight is 686 g/mol. The Morgan fingerprint density at radius 2 is 0.969 bits per heavy atom. The van der Waals surface area contributed by atoms with Crippen LogP contribution in [0.1, 0.15) is 46.0 Å². The molecule has 0 unspecified atom stereocenters. The van der Waals surface area contributed by atoms with Crippen LogP contribution in [0.2, 0.25) is 0 Å². The predicted molar refractivity (Wildman–Crippen MR) is 144 cm³/mol. The van der Waals surface area contributed by atoms with E-state index in [1.807, 2.05) is 50.2 Å². The van der Waals surface area contributed by atoms with Gasteiger partial charge in [-0.3, -0.25) is 19.6 Å². The first kappa shape index (κ1) is 25.1. The number of Topliss-reactive ketones (excluding diaryl/α,β-unsaturated/α-hetero) is 2. The molecule has 0 aliphatic carbocycles. The Hall–Kier alpha value is -1.48. The quantitative estimate of drug-likeness (QED) is 0.199. The number of rotatable bonds is 2. The molecule has 0 spiro atoms. The number of hydrogen-bond acceptors (Lipinski definition) is 4. The second kappa shape index (κ2) is 10.2. The summed E-state index contributed by atoms with van der Waals surface area (Å²) in [6.07, 6.45) is 0. The van der Waals surface area contributed by atoms with Gasteiger partial charge in [-0.25, -0.2) is 0 Å². The van der Waals surface area contributed by atoms with Crippen molar-refractivity contribution < 1.29 is 9.59 Å². The van der Waals surface area contributed by atoms with Crippen molar-refractivity contribution in [2.75, 3.05) is 0 Å². The van der Waals surface area contributed by atoms with E-state index in [9.17, 15) is 9.59 Å². The molecule has 0 amide bonds. The zero-order valence-corrected chi connectivity index (χ0v) is 24.0. The number of aromatic nitrogens is 2. The van der Waals surface area contributed by atoms with E-state index in [4.69, 9.17) is 0 Å². The molecule has 8 heteroatoms. The predicted octanol–water partition coefficient (Wildman–Crippen LogP) is 8.54. The van der Waals surface area contributed by atoms with Crippen molar-refractivity contribution in [2.45, 2.75) is 27.7 Å². The zero-order valence-electron chi connectivity index (χ0n) is 17.7. The normalized spacial score (nSPS) is 10.8. The van der Waals surface area contributed by atoms with Crippen molar-refractivity contribution in [1.29, 1.82) is 0 Å². The van der Waals surface area contributed by atoms with Gasteiger partial charge in [0.25, 0.3) is 0 Å². The lowest BCUT2D eigenvalue weighted by molar-refractivity contribution is 0.100. The SMILES string of the molecule is CC(=O)c1cc2cc(Br)cc(Br)c2nc1C.CC(=O)c1cc2cc(Br)cc(Br)c2nc1C. The van der Waals surface area contributed by atoms with Crippen molar-refractivity contribution >= 4 is 97.1 Å². The second-order valence-corrected chi connectivity index (χ2v) is 10.8. The second-order valence-electron chi connectivity index (χ2n) is 7.27. The highest BCUT2D eigenvalue weighted by Gasteiger charge is 2.11. The molecule has 0 saturated carbocycles. The molecule has 0 bridgehead atoms. The van der Waals surface area contributed by atoms with Gasteiger partial charge in [-0.15, -0.1) is 0 Å². The summed E-state index contributed by atoms with van der Waals surface area (Å²) in [5.74, 6) is 0.0889. The van der Waals surface area contributed by atoms with Crippen LogP contribution in [0, 0.1) is 13.8 Å². The minimum Gasteiger partial charge on any atom is -0.294 e. The molecular weight excluding hydrogens is 668 g/mol. The third-order valence-corrected chi connectivity index (χ3v) is 6.94. The van der Waals surface area contributed by atoms with Crippen LogP contribution in [-0.2, 0) is 0 Å². The summed E-state index contributed by atoms with van der Waals surface area (Å²) in [4.78, 5) is 31.7. The first-order chi connectivity index (χ1) is 15.0. The fourth-order valence-electron chi connectivity index (χ4n) is 3.32. The lowest BCUT2D eigenvalue weighted by atomic mass is 10.1. The number of pyridine rings is 2. The van der Waals surface area contributed by atoms with Crippen LogP contribution in [0.3, 0.4) is 0 Å². The molecule has 32 heavy (non-hydrogen) atoms. The average Bonchev–Trinajstić information content (AvgIpc) is 2.68. The van der Waals surface area contributed by atoms with E-state index in [-0.39, 0.29) is 11.6 Å². The van der Waals surface area contributed by atoms with Crippen LogP contribution in [-0.4, -0.2) is 21.5 Å². The summed E-state index contributed by atoms with van der Waals surface area (Å²) in [6, 6.07) is 11.6. The van der Waals surface area contributed by atoms with E-state index in [0.29, 0.717) is 11.1 Å². The van der Waals surface area contributed by atoms with Crippen LogP contribution < -0.4 is 0 Å². The highest BCUT2D eigenvalue weighted by Crippen LogP contribution is 2.29. The van der Waals surface area contributed by atoms with E-state index >= 15 is 0 Å². The monoisotopic (exact) mass is 682 g/mol. The number of fused-ring (bicyclic) bond motifs is 2.